The van der Waals surface area contributed by atoms with Crippen LogP contribution < -0.4 is 0 Å². The Hall–Kier alpha value is -1.81. The second kappa shape index (κ2) is 5.92. The summed E-state index contributed by atoms with van der Waals surface area (Å²) in [4.78, 5) is 12.5. The van der Waals surface area contributed by atoms with Gasteiger partial charge in [-0.05, 0) is 72.9 Å². The highest BCUT2D eigenvalue weighted by molar-refractivity contribution is 8.01. The maximum Gasteiger partial charge on any atom is 0.320 e. The van der Waals surface area contributed by atoms with E-state index in [0.29, 0.717) is 18.8 Å². The van der Waals surface area contributed by atoms with Crippen LogP contribution in [0.2, 0.25) is 0 Å². The van der Waals surface area contributed by atoms with Gasteiger partial charge in [0.25, 0.3) is 0 Å². The van der Waals surface area contributed by atoms with E-state index >= 15 is 0 Å². The van der Waals surface area contributed by atoms with Crippen LogP contribution in [0.5, 0.6) is 0 Å². The van der Waals surface area contributed by atoms with Crippen molar-refractivity contribution < 1.29 is 14.3 Å². The first-order chi connectivity index (χ1) is 11.6. The summed E-state index contributed by atoms with van der Waals surface area (Å²) in [5.74, 6) is -0.373. The SMILES string of the molecule is O=C(O)C1(Sc2ccc(F)cc2-c2ccc(C3CC3)cc2)CCC1. The van der Waals surface area contributed by atoms with E-state index in [2.05, 4.69) is 12.1 Å². The van der Waals surface area contributed by atoms with Crippen LogP contribution in [0.3, 0.4) is 0 Å². The minimum atomic E-state index is -0.766. The first-order valence-corrected chi connectivity index (χ1v) is 9.21. The number of aliphatic carboxylic acids is 1. The molecular formula is C20H19FO2S. The van der Waals surface area contributed by atoms with Crippen LogP contribution in [0.25, 0.3) is 11.1 Å². The quantitative estimate of drug-likeness (QED) is 0.783. The molecule has 0 bridgehead atoms. The molecule has 4 heteroatoms. The molecule has 0 spiro atoms. The fourth-order valence-corrected chi connectivity index (χ4v) is 4.66. The molecule has 0 radical (unpaired) electrons. The summed E-state index contributed by atoms with van der Waals surface area (Å²) >= 11 is 1.37. The molecule has 0 amide bonds. The lowest BCUT2D eigenvalue weighted by molar-refractivity contribution is -0.142. The van der Waals surface area contributed by atoms with Crippen LogP contribution in [0.15, 0.2) is 47.4 Å². The maximum absolute atomic E-state index is 13.8. The van der Waals surface area contributed by atoms with Gasteiger partial charge in [-0.3, -0.25) is 4.79 Å². The zero-order valence-corrected chi connectivity index (χ0v) is 14.1. The molecule has 2 aromatic carbocycles. The molecule has 2 nitrogen and oxygen atoms in total. The van der Waals surface area contributed by atoms with Crippen molar-refractivity contribution in [2.24, 2.45) is 0 Å². The highest BCUT2D eigenvalue weighted by atomic mass is 32.2. The first kappa shape index (κ1) is 15.7. The van der Waals surface area contributed by atoms with Gasteiger partial charge in [-0.25, -0.2) is 4.39 Å². The second-order valence-corrected chi connectivity index (χ2v) is 8.22. The predicted octanol–water partition coefficient (Wildman–Crippen LogP) is 5.47. The Balaban J connectivity index is 1.69. The van der Waals surface area contributed by atoms with Gasteiger partial charge < -0.3 is 5.11 Å². The van der Waals surface area contributed by atoms with Crippen molar-refractivity contribution in [1.29, 1.82) is 0 Å². The van der Waals surface area contributed by atoms with Crippen LogP contribution >= 0.6 is 11.8 Å². The molecular weight excluding hydrogens is 323 g/mol. The smallest absolute Gasteiger partial charge is 0.320 e. The fraction of sp³-hybridized carbons (Fsp3) is 0.350. The van der Waals surface area contributed by atoms with E-state index in [1.54, 1.807) is 6.07 Å². The first-order valence-electron chi connectivity index (χ1n) is 8.40. The third-order valence-electron chi connectivity index (χ3n) is 5.07. The van der Waals surface area contributed by atoms with Gasteiger partial charge in [0.2, 0.25) is 0 Å². The summed E-state index contributed by atoms with van der Waals surface area (Å²) in [5.41, 5.74) is 3.07. The van der Waals surface area contributed by atoms with Crippen molar-refractivity contribution in [2.45, 2.75) is 47.7 Å². The van der Waals surface area contributed by atoms with Gasteiger partial charge in [0, 0.05) is 4.90 Å². The number of hydrogen-bond donors (Lipinski definition) is 1. The van der Waals surface area contributed by atoms with Gasteiger partial charge in [0.1, 0.15) is 10.6 Å². The molecule has 0 atom stereocenters. The number of thioether (sulfide) groups is 1. The Morgan fingerprint density at radius 1 is 1.12 bits per heavy atom. The van der Waals surface area contributed by atoms with Crippen molar-refractivity contribution >= 4 is 17.7 Å². The summed E-state index contributed by atoms with van der Waals surface area (Å²) in [6.45, 7) is 0. The van der Waals surface area contributed by atoms with Gasteiger partial charge in [-0.2, -0.15) is 0 Å². The monoisotopic (exact) mass is 342 g/mol. The topological polar surface area (TPSA) is 37.3 Å². The largest absolute Gasteiger partial charge is 0.480 e. The van der Waals surface area contributed by atoms with Gasteiger partial charge in [-0.15, -0.1) is 11.8 Å². The van der Waals surface area contributed by atoms with Gasteiger partial charge >= 0.3 is 5.97 Å². The standard InChI is InChI=1S/C20H19FO2S/c21-16-8-9-18(24-20(19(22)23)10-1-11-20)17(12-16)15-6-4-14(5-7-15)13-2-3-13/h4-9,12-13H,1-3,10-11H2,(H,22,23). The Morgan fingerprint density at radius 2 is 1.83 bits per heavy atom. The summed E-state index contributed by atoms with van der Waals surface area (Å²) < 4.78 is 13.1. The average molecular weight is 342 g/mol. The number of carbonyl (C=O) groups is 1. The van der Waals surface area contributed by atoms with Crippen LogP contribution in [-0.4, -0.2) is 15.8 Å². The van der Waals surface area contributed by atoms with Crippen LogP contribution in [-0.2, 0) is 4.79 Å². The van der Waals surface area contributed by atoms with E-state index in [-0.39, 0.29) is 5.82 Å². The summed E-state index contributed by atoms with van der Waals surface area (Å²) in [6, 6.07) is 12.9. The van der Waals surface area contributed by atoms with Crippen LogP contribution in [0.1, 0.15) is 43.6 Å². The number of hydrogen-bond acceptors (Lipinski definition) is 2. The average Bonchev–Trinajstić information content (AvgIpc) is 3.37. The molecule has 0 aromatic heterocycles. The molecule has 0 saturated heterocycles. The lowest BCUT2D eigenvalue weighted by Gasteiger charge is -2.37. The molecule has 4 rings (SSSR count). The summed E-state index contributed by atoms with van der Waals surface area (Å²) in [6.07, 6.45) is 4.78. The zero-order valence-electron chi connectivity index (χ0n) is 13.3. The third kappa shape index (κ3) is 2.84. The molecule has 2 aromatic rings. The molecule has 0 heterocycles. The lowest BCUT2D eigenvalue weighted by Crippen LogP contribution is -2.41. The molecule has 1 N–H and O–H groups in total. The number of carboxylic acid groups (broad SMARTS) is 1. The zero-order chi connectivity index (χ0) is 16.7. The molecule has 2 aliphatic carbocycles. The molecule has 0 unspecified atom stereocenters. The van der Waals surface area contributed by atoms with Gasteiger partial charge in [0.15, 0.2) is 0 Å². The minimum Gasteiger partial charge on any atom is -0.480 e. The van der Waals surface area contributed by atoms with E-state index in [9.17, 15) is 14.3 Å². The number of halogens is 1. The minimum absolute atomic E-state index is 0.293. The van der Waals surface area contributed by atoms with Crippen molar-refractivity contribution in [3.63, 3.8) is 0 Å². The van der Waals surface area contributed by atoms with Gasteiger partial charge in [-0.1, -0.05) is 24.3 Å². The van der Waals surface area contributed by atoms with Crippen molar-refractivity contribution in [3.8, 4) is 11.1 Å². The van der Waals surface area contributed by atoms with Crippen molar-refractivity contribution in [1.82, 2.24) is 0 Å². The highest BCUT2D eigenvalue weighted by Gasteiger charge is 2.45. The summed E-state index contributed by atoms with van der Waals surface area (Å²) in [7, 11) is 0. The molecule has 124 valence electrons. The van der Waals surface area contributed by atoms with Crippen molar-refractivity contribution in [3.05, 3.63) is 53.8 Å². The lowest BCUT2D eigenvalue weighted by atomic mass is 9.84. The van der Waals surface area contributed by atoms with Crippen LogP contribution in [0, 0.1) is 5.82 Å². The Bertz CT molecular complexity index is 777. The maximum atomic E-state index is 13.8. The van der Waals surface area contributed by atoms with Gasteiger partial charge in [0.05, 0.1) is 0 Å². The molecule has 0 aliphatic heterocycles. The van der Waals surface area contributed by atoms with E-state index in [1.165, 1.54) is 42.3 Å². The number of rotatable bonds is 5. The number of carboxylic acids is 1. The molecule has 2 fully saturated rings. The predicted molar refractivity (Wildman–Crippen MR) is 93.9 cm³/mol. The third-order valence-corrected chi connectivity index (χ3v) is 6.62. The Morgan fingerprint density at radius 3 is 2.38 bits per heavy atom. The Labute approximate surface area is 145 Å². The van der Waals surface area contributed by atoms with Crippen LogP contribution in [0.4, 0.5) is 4.39 Å². The highest BCUT2D eigenvalue weighted by Crippen LogP contribution is 2.50. The summed E-state index contributed by atoms with van der Waals surface area (Å²) in [5, 5.41) is 9.57. The van der Waals surface area contributed by atoms with E-state index in [0.717, 1.165) is 22.4 Å². The van der Waals surface area contributed by atoms with E-state index < -0.39 is 10.7 Å². The van der Waals surface area contributed by atoms with Crippen molar-refractivity contribution in [2.75, 3.05) is 0 Å². The van der Waals surface area contributed by atoms with E-state index in [4.69, 9.17) is 0 Å². The molecule has 24 heavy (non-hydrogen) atoms. The fourth-order valence-electron chi connectivity index (χ4n) is 3.24. The Kier molecular flexibility index (Phi) is 3.87. The normalized spacial score (nSPS) is 18.9. The van der Waals surface area contributed by atoms with E-state index in [1.807, 2.05) is 12.1 Å². The molecule has 2 aliphatic rings. The number of benzene rings is 2. The molecule has 2 saturated carbocycles. The second-order valence-electron chi connectivity index (χ2n) is 6.79.